The average molecular weight is 210 g/mol. The summed E-state index contributed by atoms with van der Waals surface area (Å²) in [6.07, 6.45) is 2.07. The summed E-state index contributed by atoms with van der Waals surface area (Å²) >= 11 is 1.82. The maximum atomic E-state index is 10.9. The number of rotatable bonds is 2. The van der Waals surface area contributed by atoms with E-state index in [0.29, 0.717) is 0 Å². The summed E-state index contributed by atoms with van der Waals surface area (Å²) in [4.78, 5) is 13.6. The van der Waals surface area contributed by atoms with Gasteiger partial charge in [0.25, 0.3) is 0 Å². The number of carboxylic acids is 1. The van der Waals surface area contributed by atoms with Crippen LogP contribution in [0.25, 0.3) is 0 Å². The minimum atomic E-state index is -0.674. The fourth-order valence-corrected chi connectivity index (χ4v) is 3.35. The van der Waals surface area contributed by atoms with E-state index in [9.17, 15) is 4.79 Å². The number of aryl methyl sites for hydroxylation is 2. The third kappa shape index (κ3) is 1.46. The van der Waals surface area contributed by atoms with Crippen LogP contribution in [0.1, 0.15) is 34.6 Å². The summed E-state index contributed by atoms with van der Waals surface area (Å²) in [5.74, 6) is -0.676. The molecule has 2 unspecified atom stereocenters. The second-order valence-electron chi connectivity index (χ2n) is 4.01. The zero-order chi connectivity index (χ0) is 10.3. The van der Waals surface area contributed by atoms with Crippen molar-refractivity contribution < 1.29 is 9.90 Å². The van der Waals surface area contributed by atoms with Crippen LogP contribution in [0, 0.1) is 12.8 Å². The lowest BCUT2D eigenvalue weighted by molar-refractivity contribution is -0.141. The van der Waals surface area contributed by atoms with Gasteiger partial charge in [0.2, 0.25) is 0 Å². The van der Waals surface area contributed by atoms with Crippen LogP contribution in [-0.4, -0.2) is 11.1 Å². The van der Waals surface area contributed by atoms with Crippen LogP contribution in [0.4, 0.5) is 0 Å². The highest BCUT2D eigenvalue weighted by Gasteiger charge is 2.32. The van der Waals surface area contributed by atoms with E-state index >= 15 is 0 Å². The van der Waals surface area contributed by atoms with E-state index in [2.05, 4.69) is 13.0 Å². The molecular formula is C11H14O2S. The summed E-state index contributed by atoms with van der Waals surface area (Å²) in [5.41, 5.74) is 1.29. The number of aliphatic carboxylic acids is 1. The molecule has 2 atom stereocenters. The van der Waals surface area contributed by atoms with E-state index < -0.39 is 5.97 Å². The third-order valence-electron chi connectivity index (χ3n) is 3.04. The Morgan fingerprint density at radius 2 is 2.43 bits per heavy atom. The number of hydrogen-bond acceptors (Lipinski definition) is 2. The van der Waals surface area contributed by atoms with Gasteiger partial charge in [0, 0.05) is 9.75 Å². The molecule has 0 amide bonds. The van der Waals surface area contributed by atoms with Crippen molar-refractivity contribution in [1.29, 1.82) is 0 Å². The fraction of sp³-hybridized carbons (Fsp3) is 0.545. The van der Waals surface area contributed by atoms with Gasteiger partial charge in [-0.25, -0.2) is 0 Å². The molecule has 0 bridgehead atoms. The van der Waals surface area contributed by atoms with Gasteiger partial charge >= 0.3 is 5.97 Å². The quantitative estimate of drug-likeness (QED) is 0.815. The number of carbonyl (C=O) groups is 1. The van der Waals surface area contributed by atoms with Gasteiger partial charge in [-0.1, -0.05) is 6.92 Å². The molecule has 0 spiro atoms. The molecule has 0 aliphatic heterocycles. The molecule has 14 heavy (non-hydrogen) atoms. The zero-order valence-electron chi connectivity index (χ0n) is 8.41. The molecule has 0 radical (unpaired) electrons. The van der Waals surface area contributed by atoms with E-state index in [1.807, 2.05) is 18.3 Å². The Morgan fingerprint density at radius 3 is 3.07 bits per heavy atom. The minimum Gasteiger partial charge on any atom is -0.481 e. The van der Waals surface area contributed by atoms with Crippen molar-refractivity contribution in [3.05, 3.63) is 21.4 Å². The van der Waals surface area contributed by atoms with Gasteiger partial charge in [-0.2, -0.15) is 0 Å². The second-order valence-corrected chi connectivity index (χ2v) is 5.35. The largest absolute Gasteiger partial charge is 0.481 e. The lowest BCUT2D eigenvalue weighted by Gasteiger charge is -2.14. The molecule has 1 aliphatic carbocycles. The van der Waals surface area contributed by atoms with Crippen molar-refractivity contribution in [2.45, 2.75) is 32.6 Å². The molecule has 0 saturated heterocycles. The molecule has 3 heteroatoms. The summed E-state index contributed by atoms with van der Waals surface area (Å²) in [6, 6.07) is 2.16. The standard InChI is InChI=1S/C11H14O2S/c1-6-5-9-8(7(2)11(12)13)3-4-10(9)14-6/h5,7-8H,3-4H2,1-2H3,(H,12,13). The highest BCUT2D eigenvalue weighted by Crippen LogP contribution is 2.42. The Bertz CT molecular complexity index is 367. The molecule has 2 nitrogen and oxygen atoms in total. The van der Waals surface area contributed by atoms with Crippen LogP contribution < -0.4 is 0 Å². The average Bonchev–Trinajstić information content (AvgIpc) is 2.61. The van der Waals surface area contributed by atoms with Crippen molar-refractivity contribution in [2.75, 3.05) is 0 Å². The van der Waals surface area contributed by atoms with Crippen LogP contribution in [0.15, 0.2) is 6.07 Å². The minimum absolute atomic E-state index is 0.243. The molecule has 1 N–H and O–H groups in total. The van der Waals surface area contributed by atoms with E-state index in [-0.39, 0.29) is 11.8 Å². The first-order valence-corrected chi connectivity index (χ1v) is 5.73. The molecule has 0 fully saturated rings. The van der Waals surface area contributed by atoms with Crippen molar-refractivity contribution in [1.82, 2.24) is 0 Å². The molecular weight excluding hydrogens is 196 g/mol. The van der Waals surface area contributed by atoms with Gasteiger partial charge in [0.1, 0.15) is 0 Å². The summed E-state index contributed by atoms with van der Waals surface area (Å²) in [7, 11) is 0. The topological polar surface area (TPSA) is 37.3 Å². The highest BCUT2D eigenvalue weighted by atomic mass is 32.1. The summed E-state index contributed by atoms with van der Waals surface area (Å²) in [6.45, 7) is 3.90. The maximum absolute atomic E-state index is 10.9. The predicted octanol–water partition coefficient (Wildman–Crippen LogP) is 2.81. The molecule has 76 valence electrons. The predicted molar refractivity (Wildman–Crippen MR) is 56.9 cm³/mol. The van der Waals surface area contributed by atoms with Crippen molar-refractivity contribution in [3.63, 3.8) is 0 Å². The number of hydrogen-bond donors (Lipinski definition) is 1. The molecule has 1 aromatic heterocycles. The van der Waals surface area contributed by atoms with Gasteiger partial charge in [-0.05, 0) is 37.3 Å². The SMILES string of the molecule is Cc1cc2c(s1)CCC2C(C)C(=O)O. The molecule has 1 aromatic rings. The van der Waals surface area contributed by atoms with Crippen LogP contribution in [-0.2, 0) is 11.2 Å². The first-order valence-electron chi connectivity index (χ1n) is 4.91. The Kier molecular flexibility index (Phi) is 2.35. The first-order chi connectivity index (χ1) is 6.59. The van der Waals surface area contributed by atoms with Crippen LogP contribution >= 0.6 is 11.3 Å². The lowest BCUT2D eigenvalue weighted by atomic mass is 9.89. The maximum Gasteiger partial charge on any atom is 0.306 e. The van der Waals surface area contributed by atoms with Crippen LogP contribution in [0.5, 0.6) is 0 Å². The molecule has 0 saturated carbocycles. The van der Waals surface area contributed by atoms with Crippen molar-refractivity contribution in [2.24, 2.45) is 5.92 Å². The van der Waals surface area contributed by atoms with Crippen molar-refractivity contribution in [3.8, 4) is 0 Å². The number of fused-ring (bicyclic) bond motifs is 1. The van der Waals surface area contributed by atoms with E-state index in [1.54, 1.807) is 0 Å². The van der Waals surface area contributed by atoms with Crippen LogP contribution in [0.2, 0.25) is 0 Å². The Balaban J connectivity index is 2.29. The molecule has 0 aromatic carbocycles. The first kappa shape index (κ1) is 9.71. The highest BCUT2D eigenvalue weighted by molar-refractivity contribution is 7.12. The Morgan fingerprint density at radius 1 is 1.71 bits per heavy atom. The monoisotopic (exact) mass is 210 g/mol. The second kappa shape index (κ2) is 3.39. The normalized spacial score (nSPS) is 22.0. The number of thiophene rings is 1. The number of carboxylic acid groups (broad SMARTS) is 1. The van der Waals surface area contributed by atoms with Gasteiger partial charge in [-0.15, -0.1) is 11.3 Å². The Labute approximate surface area is 87.6 Å². The molecule has 1 aliphatic rings. The van der Waals surface area contributed by atoms with E-state index in [0.717, 1.165) is 12.8 Å². The van der Waals surface area contributed by atoms with Gasteiger partial charge in [0.15, 0.2) is 0 Å². The zero-order valence-corrected chi connectivity index (χ0v) is 9.23. The smallest absolute Gasteiger partial charge is 0.306 e. The Hall–Kier alpha value is -0.830. The van der Waals surface area contributed by atoms with E-state index in [4.69, 9.17) is 5.11 Å². The lowest BCUT2D eigenvalue weighted by Crippen LogP contribution is -2.16. The molecule has 1 heterocycles. The molecule has 2 rings (SSSR count). The third-order valence-corrected chi connectivity index (χ3v) is 4.17. The van der Waals surface area contributed by atoms with Gasteiger partial charge in [0.05, 0.1) is 5.92 Å². The fourth-order valence-electron chi connectivity index (χ4n) is 2.22. The van der Waals surface area contributed by atoms with E-state index in [1.165, 1.54) is 15.3 Å². The van der Waals surface area contributed by atoms with Crippen molar-refractivity contribution >= 4 is 17.3 Å². The summed E-state index contributed by atoms with van der Waals surface area (Å²) in [5, 5.41) is 8.98. The van der Waals surface area contributed by atoms with Crippen LogP contribution in [0.3, 0.4) is 0 Å². The summed E-state index contributed by atoms with van der Waals surface area (Å²) < 4.78 is 0. The van der Waals surface area contributed by atoms with Gasteiger partial charge < -0.3 is 5.11 Å². The van der Waals surface area contributed by atoms with Gasteiger partial charge in [-0.3, -0.25) is 4.79 Å².